The molecule has 2 nitrogen and oxygen atoms in total. The third-order valence-electron chi connectivity index (χ3n) is 8.99. The number of hydrogen-bond acceptors (Lipinski definition) is 2. The maximum absolute atomic E-state index is 11.3. The van der Waals surface area contributed by atoms with Crippen molar-refractivity contribution in [1.82, 2.24) is 0 Å². The van der Waals surface area contributed by atoms with Crippen LogP contribution >= 0.6 is 7.26 Å². The Morgan fingerprint density at radius 3 is 1.16 bits per heavy atom. The predicted octanol–water partition coefficient (Wildman–Crippen LogP) is 6.52. The lowest BCUT2D eigenvalue weighted by Gasteiger charge is -2.41. The van der Waals surface area contributed by atoms with Crippen LogP contribution in [0.4, 0.5) is 0 Å². The Kier molecular flexibility index (Phi) is 9.95. The van der Waals surface area contributed by atoms with Crippen LogP contribution < -0.4 is 32.3 Å². The molecule has 0 fully saturated rings. The number of nitriles is 2. The topological polar surface area (TPSA) is 47.6 Å². The van der Waals surface area contributed by atoms with Gasteiger partial charge in [-0.25, -0.2) is 5.26 Å². The molecule has 0 aliphatic carbocycles. The Hall–Kier alpha value is -4.43. The van der Waals surface area contributed by atoms with E-state index >= 15 is 0 Å². The molecule has 0 unspecified atom stereocenters. The molecule has 0 radical (unpaired) electrons. The van der Waals surface area contributed by atoms with Crippen LogP contribution in [-0.2, 0) is 0 Å². The van der Waals surface area contributed by atoms with Crippen LogP contribution in [0.2, 0.25) is 0 Å². The van der Waals surface area contributed by atoms with Gasteiger partial charge in [-0.15, -0.1) is 5.97 Å². The summed E-state index contributed by atoms with van der Waals surface area (Å²) in [6, 6.07) is 41.6. The molecule has 0 aliphatic heterocycles. The van der Waals surface area contributed by atoms with Gasteiger partial charge in [0.25, 0.3) is 0 Å². The van der Waals surface area contributed by atoms with Gasteiger partial charge in [0.1, 0.15) is 23.2 Å². The first-order valence-corrected chi connectivity index (χ1v) is 17.4. The van der Waals surface area contributed by atoms with Gasteiger partial charge in [-0.05, 0) is 77.9 Å². The molecule has 0 N–H and O–H groups in total. The van der Waals surface area contributed by atoms with E-state index in [0.29, 0.717) is 0 Å². The Balaban J connectivity index is 0.00000141. The van der Waals surface area contributed by atoms with E-state index in [4.69, 9.17) is 5.26 Å². The SMILES string of the molecule is CC#N.Cc1cc(C)c([B-](C#N)(c2ccc([P+](C)(c3ccccc3)c3ccccc3)cc2)c2c(C)cc(C)cc2C)c(C)c1. The molecule has 5 aromatic rings. The molecule has 0 saturated carbocycles. The van der Waals surface area contributed by atoms with Gasteiger partial charge in [-0.2, -0.15) is 21.7 Å². The van der Waals surface area contributed by atoms with Crippen LogP contribution in [0.1, 0.15) is 40.3 Å². The fraction of sp³-hybridized carbons (Fsp3) is 0.200. The molecule has 4 heteroatoms. The number of aryl methyl sites for hydroxylation is 6. The third kappa shape index (κ3) is 5.87. The number of rotatable bonds is 6. The minimum atomic E-state index is -1.88. The van der Waals surface area contributed by atoms with Gasteiger partial charge in [0.15, 0.2) is 6.15 Å². The molecular weight excluding hydrogens is 550 g/mol. The summed E-state index contributed by atoms with van der Waals surface area (Å²) in [5, 5.41) is 22.7. The molecule has 0 spiro atoms. The van der Waals surface area contributed by atoms with Gasteiger partial charge >= 0.3 is 0 Å². The lowest BCUT2D eigenvalue weighted by atomic mass is 9.15. The Bertz CT molecular complexity index is 1700. The van der Waals surface area contributed by atoms with Crippen molar-refractivity contribution in [3.05, 3.63) is 143 Å². The predicted molar refractivity (Wildman–Crippen MR) is 194 cm³/mol. The molecule has 5 aromatic carbocycles. The van der Waals surface area contributed by atoms with Crippen molar-refractivity contribution < 1.29 is 0 Å². The van der Waals surface area contributed by atoms with E-state index in [9.17, 15) is 5.26 Å². The van der Waals surface area contributed by atoms with Crippen LogP contribution in [0.3, 0.4) is 0 Å². The Morgan fingerprint density at radius 2 is 0.841 bits per heavy atom. The number of benzene rings is 5. The lowest BCUT2D eigenvalue weighted by Crippen LogP contribution is -2.69. The Morgan fingerprint density at radius 1 is 0.523 bits per heavy atom. The fourth-order valence-corrected chi connectivity index (χ4v) is 10.6. The van der Waals surface area contributed by atoms with Crippen molar-refractivity contribution in [3.63, 3.8) is 0 Å². The first kappa shape index (κ1) is 32.5. The maximum atomic E-state index is 11.3. The highest BCUT2D eigenvalue weighted by Crippen LogP contribution is 2.51. The van der Waals surface area contributed by atoms with Crippen LogP contribution in [0, 0.1) is 64.1 Å². The summed E-state index contributed by atoms with van der Waals surface area (Å²) in [5.41, 5.74) is 10.6. The van der Waals surface area contributed by atoms with Crippen LogP contribution in [0.25, 0.3) is 0 Å². The van der Waals surface area contributed by atoms with E-state index in [1.807, 2.05) is 0 Å². The molecule has 0 amide bonds. The van der Waals surface area contributed by atoms with E-state index in [1.54, 1.807) is 6.07 Å². The second kappa shape index (κ2) is 13.5. The third-order valence-corrected chi connectivity index (χ3v) is 13.0. The minimum Gasteiger partial charge on any atom is -0.248 e. The zero-order valence-corrected chi connectivity index (χ0v) is 28.2. The van der Waals surface area contributed by atoms with Crippen molar-refractivity contribution in [2.45, 2.75) is 48.5 Å². The fourth-order valence-electron chi connectivity index (χ4n) is 7.39. The average molecular weight is 593 g/mol. The van der Waals surface area contributed by atoms with E-state index in [-0.39, 0.29) is 0 Å². The standard InChI is InChI=1S/C38H39BNP.C2H3N/c1-27-22-29(3)37(30(4)23-27)39(26-40,38-31(5)24-28(2)25-32(38)6)33-18-20-36(21-19-33)41(7,34-14-10-8-11-15-34)35-16-12-9-13-17-35;1-2-3/h8-25H,1-7H3;1H3. The summed E-state index contributed by atoms with van der Waals surface area (Å²) >= 11 is 0. The highest BCUT2D eigenvalue weighted by atomic mass is 31.2. The van der Waals surface area contributed by atoms with Gasteiger partial charge in [0.2, 0.25) is 0 Å². The summed E-state index contributed by atoms with van der Waals surface area (Å²) in [7, 11) is -1.88. The second-order valence-corrected chi connectivity index (χ2v) is 15.7. The summed E-state index contributed by atoms with van der Waals surface area (Å²) in [4.78, 5) is 0. The van der Waals surface area contributed by atoms with Gasteiger partial charge < -0.3 is 0 Å². The summed E-state index contributed by atoms with van der Waals surface area (Å²) < 4.78 is 0. The molecular formula is C40H42BN2P. The van der Waals surface area contributed by atoms with E-state index in [0.717, 1.165) is 16.4 Å². The van der Waals surface area contributed by atoms with Crippen molar-refractivity contribution in [2.24, 2.45) is 0 Å². The van der Waals surface area contributed by atoms with Crippen molar-refractivity contribution >= 4 is 45.7 Å². The van der Waals surface area contributed by atoms with Crippen LogP contribution in [0.5, 0.6) is 0 Å². The molecule has 0 bridgehead atoms. The molecule has 5 rings (SSSR count). The van der Waals surface area contributed by atoms with E-state index < -0.39 is 13.4 Å². The highest BCUT2D eigenvalue weighted by molar-refractivity contribution is 7.95. The van der Waals surface area contributed by atoms with Crippen LogP contribution in [-0.4, -0.2) is 12.8 Å². The smallest absolute Gasteiger partial charge is 0.184 e. The summed E-state index contributed by atoms with van der Waals surface area (Å²) in [6.07, 6.45) is -1.88. The molecule has 0 atom stereocenters. The lowest BCUT2D eigenvalue weighted by molar-refractivity contribution is 1.33. The first-order valence-electron chi connectivity index (χ1n) is 15.2. The average Bonchev–Trinajstić information content (AvgIpc) is 3.00. The summed E-state index contributed by atoms with van der Waals surface area (Å²) in [5.74, 6) is 2.96. The Labute approximate surface area is 265 Å². The van der Waals surface area contributed by atoms with Crippen LogP contribution in [0.15, 0.2) is 109 Å². The molecule has 0 aliphatic rings. The number of hydrogen-bond donors (Lipinski definition) is 0. The highest BCUT2D eigenvalue weighted by Gasteiger charge is 2.41. The maximum Gasteiger partial charge on any atom is 0.184 e. The van der Waals surface area contributed by atoms with E-state index in [1.165, 1.54) is 56.2 Å². The molecule has 44 heavy (non-hydrogen) atoms. The summed E-state index contributed by atoms with van der Waals surface area (Å²) in [6.45, 7) is 16.8. The zero-order valence-electron chi connectivity index (χ0n) is 27.3. The monoisotopic (exact) mass is 592 g/mol. The second-order valence-electron chi connectivity index (χ2n) is 12.1. The van der Waals surface area contributed by atoms with Gasteiger partial charge in [-0.3, -0.25) is 0 Å². The minimum absolute atomic E-state index is 1.08. The normalized spacial score (nSPS) is 11.1. The number of nitrogens with zero attached hydrogens (tertiary/aromatic N) is 2. The van der Waals surface area contributed by atoms with Crippen molar-refractivity contribution in [3.8, 4) is 12.0 Å². The van der Waals surface area contributed by atoms with Gasteiger partial charge in [0, 0.05) is 6.92 Å². The van der Waals surface area contributed by atoms with Crippen molar-refractivity contribution in [1.29, 1.82) is 10.5 Å². The van der Waals surface area contributed by atoms with E-state index in [2.05, 4.69) is 163 Å². The largest absolute Gasteiger partial charge is 0.248 e. The zero-order chi connectivity index (χ0) is 32.1. The first-order chi connectivity index (χ1) is 21.0. The molecule has 220 valence electrons. The quantitative estimate of drug-likeness (QED) is 0.167. The van der Waals surface area contributed by atoms with Gasteiger partial charge in [-0.1, -0.05) is 106 Å². The molecule has 0 heterocycles. The molecule has 0 aromatic heterocycles. The van der Waals surface area contributed by atoms with Gasteiger partial charge in [0.05, 0.1) is 12.7 Å². The van der Waals surface area contributed by atoms with Crippen molar-refractivity contribution in [2.75, 3.05) is 6.66 Å². The molecule has 0 saturated heterocycles.